The van der Waals surface area contributed by atoms with Crippen LogP contribution in [0, 0.1) is 11.2 Å². The molecule has 1 aliphatic rings. The summed E-state index contributed by atoms with van der Waals surface area (Å²) >= 11 is 0. The Kier molecular flexibility index (Phi) is 5.81. The van der Waals surface area contributed by atoms with Crippen molar-refractivity contribution in [2.75, 3.05) is 5.32 Å². The highest BCUT2D eigenvalue weighted by Gasteiger charge is 2.60. The lowest BCUT2D eigenvalue weighted by molar-refractivity contribution is -0.228. The Morgan fingerprint density at radius 2 is 2.03 bits per heavy atom. The Balaban J connectivity index is 1.79. The highest BCUT2D eigenvalue weighted by molar-refractivity contribution is 5.91. The van der Waals surface area contributed by atoms with Crippen LogP contribution in [0.5, 0.6) is 0 Å². The lowest BCUT2D eigenvalue weighted by Crippen LogP contribution is -2.50. The van der Waals surface area contributed by atoms with Crippen molar-refractivity contribution < 1.29 is 27.5 Å². The Hall–Kier alpha value is -3.50. The molecule has 1 unspecified atom stereocenters. The summed E-state index contributed by atoms with van der Waals surface area (Å²) in [7, 11) is 0. The van der Waals surface area contributed by atoms with Crippen molar-refractivity contribution in [3.05, 3.63) is 42.6 Å². The van der Waals surface area contributed by atoms with Gasteiger partial charge in [-0.05, 0) is 18.9 Å². The normalized spacial score (nSPS) is 16.6. The Bertz CT molecular complexity index is 1200. The van der Waals surface area contributed by atoms with E-state index in [1.807, 2.05) is 0 Å². The highest BCUT2D eigenvalue weighted by atomic mass is 19.4. The van der Waals surface area contributed by atoms with E-state index in [-0.39, 0.29) is 24.5 Å². The third kappa shape index (κ3) is 4.14. The minimum absolute atomic E-state index is 0.0236. The molecule has 4 rings (SSSR count). The van der Waals surface area contributed by atoms with E-state index < -0.39 is 35.8 Å². The van der Waals surface area contributed by atoms with Crippen molar-refractivity contribution in [3.63, 3.8) is 0 Å². The average molecular weight is 463 g/mol. The van der Waals surface area contributed by atoms with Crippen LogP contribution in [0.4, 0.5) is 23.4 Å². The van der Waals surface area contributed by atoms with E-state index in [0.29, 0.717) is 35.0 Å². The number of pyridine rings is 1. The number of aliphatic carboxylic acids is 1. The number of alkyl halides is 3. The number of carbonyl (C=O) groups is 1. The summed E-state index contributed by atoms with van der Waals surface area (Å²) in [6.45, 7) is 3.65. The molecular formula is C22H21F4N5O2. The van der Waals surface area contributed by atoms with Crippen molar-refractivity contribution in [3.8, 4) is 11.4 Å². The molecule has 1 saturated carbocycles. The fourth-order valence-electron chi connectivity index (χ4n) is 4.51. The van der Waals surface area contributed by atoms with Crippen LogP contribution in [-0.2, 0) is 4.79 Å². The molecule has 0 spiro atoms. The molecule has 174 valence electrons. The van der Waals surface area contributed by atoms with Crippen LogP contribution in [-0.4, -0.2) is 43.2 Å². The van der Waals surface area contributed by atoms with Crippen LogP contribution in [0.2, 0.25) is 0 Å². The molecule has 11 heteroatoms. The number of aromatic nitrogens is 4. The summed E-state index contributed by atoms with van der Waals surface area (Å²) in [4.78, 5) is 26.9. The van der Waals surface area contributed by atoms with Gasteiger partial charge in [-0.15, -0.1) is 0 Å². The van der Waals surface area contributed by atoms with Gasteiger partial charge in [0, 0.05) is 28.9 Å². The molecule has 3 N–H and O–H groups in total. The number of H-pyrrole nitrogens is 1. The first-order chi connectivity index (χ1) is 15.6. The van der Waals surface area contributed by atoms with Crippen LogP contribution in [0.3, 0.4) is 0 Å². The summed E-state index contributed by atoms with van der Waals surface area (Å²) in [6, 6.07) is -0.197. The van der Waals surface area contributed by atoms with Crippen molar-refractivity contribution in [2.24, 2.45) is 5.41 Å². The van der Waals surface area contributed by atoms with E-state index in [2.05, 4.69) is 31.8 Å². The standard InChI is InChI=1S/C22H21F4N5O2/c1-2-12-9-27-20(15-11-29-19-14(15)7-13(23)10-28-19)31-18(12)30-16(8-17(32)33)21(22(24,25)26)5-3-4-6-21/h2,7,9-11,16H,1,3-6,8H2,(H,28,29)(H,32,33)(H,27,30,31). The molecule has 3 heterocycles. The number of halogens is 4. The van der Waals surface area contributed by atoms with Gasteiger partial charge in [0.05, 0.1) is 24.1 Å². The number of carboxylic acid groups (broad SMARTS) is 1. The smallest absolute Gasteiger partial charge is 0.396 e. The second-order valence-corrected chi connectivity index (χ2v) is 8.11. The average Bonchev–Trinajstić information content (AvgIpc) is 3.40. The number of carboxylic acids is 1. The molecule has 3 aromatic heterocycles. The zero-order valence-corrected chi connectivity index (χ0v) is 17.4. The Labute approximate surface area is 186 Å². The number of fused-ring (bicyclic) bond motifs is 1. The van der Waals surface area contributed by atoms with Gasteiger partial charge in [-0.3, -0.25) is 4.79 Å². The number of aromatic amines is 1. The van der Waals surface area contributed by atoms with Crippen LogP contribution < -0.4 is 5.32 Å². The predicted molar refractivity (Wildman–Crippen MR) is 114 cm³/mol. The molecule has 1 fully saturated rings. The summed E-state index contributed by atoms with van der Waals surface area (Å²) in [5, 5.41) is 12.5. The molecule has 1 atom stereocenters. The Morgan fingerprint density at radius 1 is 1.30 bits per heavy atom. The van der Waals surface area contributed by atoms with Gasteiger partial charge in [0.15, 0.2) is 5.82 Å². The maximum atomic E-state index is 14.2. The third-order valence-corrected chi connectivity index (χ3v) is 6.19. The summed E-state index contributed by atoms with van der Waals surface area (Å²) in [6.07, 6.45) is 0.345. The van der Waals surface area contributed by atoms with Gasteiger partial charge in [0.25, 0.3) is 0 Å². The monoisotopic (exact) mass is 463 g/mol. The summed E-state index contributed by atoms with van der Waals surface area (Å²) in [5.41, 5.74) is -1.09. The highest BCUT2D eigenvalue weighted by Crippen LogP contribution is 2.54. The summed E-state index contributed by atoms with van der Waals surface area (Å²) < 4.78 is 56.3. The number of hydrogen-bond acceptors (Lipinski definition) is 5. The van der Waals surface area contributed by atoms with Crippen LogP contribution in [0.15, 0.2) is 31.2 Å². The lowest BCUT2D eigenvalue weighted by Gasteiger charge is -2.39. The Morgan fingerprint density at radius 3 is 2.67 bits per heavy atom. The number of anilines is 1. The molecule has 0 radical (unpaired) electrons. The second-order valence-electron chi connectivity index (χ2n) is 8.11. The maximum absolute atomic E-state index is 14.2. The maximum Gasteiger partial charge on any atom is 0.396 e. The number of nitrogens with one attached hydrogen (secondary N) is 2. The SMILES string of the molecule is C=Cc1cnc(-c2c[nH]c3ncc(F)cc23)nc1NC(CC(=O)O)C1(C(F)(F)F)CCCC1. The van der Waals surface area contributed by atoms with Crippen molar-refractivity contribution in [1.82, 2.24) is 19.9 Å². The molecule has 7 nitrogen and oxygen atoms in total. The van der Waals surface area contributed by atoms with E-state index in [1.54, 1.807) is 0 Å². The van der Waals surface area contributed by atoms with Gasteiger partial charge in [0.1, 0.15) is 17.3 Å². The predicted octanol–water partition coefficient (Wildman–Crippen LogP) is 5.18. The van der Waals surface area contributed by atoms with Gasteiger partial charge in [0.2, 0.25) is 0 Å². The molecule has 0 aromatic carbocycles. The molecule has 0 saturated heterocycles. The largest absolute Gasteiger partial charge is 0.481 e. The molecule has 0 amide bonds. The zero-order chi connectivity index (χ0) is 23.8. The fourth-order valence-corrected chi connectivity index (χ4v) is 4.51. The van der Waals surface area contributed by atoms with Crippen molar-refractivity contribution in [1.29, 1.82) is 0 Å². The van der Waals surface area contributed by atoms with E-state index in [4.69, 9.17) is 0 Å². The van der Waals surface area contributed by atoms with Gasteiger partial charge in [-0.1, -0.05) is 25.5 Å². The minimum Gasteiger partial charge on any atom is -0.481 e. The zero-order valence-electron chi connectivity index (χ0n) is 17.4. The molecule has 33 heavy (non-hydrogen) atoms. The van der Waals surface area contributed by atoms with Crippen LogP contribution in [0.1, 0.15) is 37.7 Å². The van der Waals surface area contributed by atoms with Crippen molar-refractivity contribution >= 4 is 28.9 Å². The third-order valence-electron chi connectivity index (χ3n) is 6.19. The second kappa shape index (κ2) is 8.45. The molecule has 0 aliphatic heterocycles. The molecule has 0 bridgehead atoms. The first-order valence-electron chi connectivity index (χ1n) is 10.3. The molecule has 1 aliphatic carbocycles. The van der Waals surface area contributed by atoms with Gasteiger partial charge in [-0.25, -0.2) is 19.3 Å². The van der Waals surface area contributed by atoms with E-state index in [9.17, 15) is 27.5 Å². The van der Waals surface area contributed by atoms with Crippen molar-refractivity contribution in [2.45, 2.75) is 44.3 Å². The lowest BCUT2D eigenvalue weighted by atomic mass is 9.76. The number of nitrogens with zero attached hydrogens (tertiary/aromatic N) is 3. The minimum atomic E-state index is -4.60. The quantitative estimate of drug-likeness (QED) is 0.417. The van der Waals surface area contributed by atoms with E-state index in [1.165, 1.54) is 24.5 Å². The fraction of sp³-hybridized carbons (Fsp3) is 0.364. The van der Waals surface area contributed by atoms with Gasteiger partial charge >= 0.3 is 12.1 Å². The number of rotatable bonds is 7. The summed E-state index contributed by atoms with van der Waals surface area (Å²) in [5.74, 6) is -1.78. The van der Waals surface area contributed by atoms with Crippen LogP contribution in [0.25, 0.3) is 28.5 Å². The first kappa shape index (κ1) is 22.7. The topological polar surface area (TPSA) is 104 Å². The first-order valence-corrected chi connectivity index (χ1v) is 10.3. The van der Waals surface area contributed by atoms with E-state index in [0.717, 1.165) is 6.20 Å². The molecule has 3 aromatic rings. The molecular weight excluding hydrogens is 442 g/mol. The van der Waals surface area contributed by atoms with Gasteiger partial charge < -0.3 is 15.4 Å². The van der Waals surface area contributed by atoms with Gasteiger partial charge in [-0.2, -0.15) is 13.2 Å². The number of hydrogen-bond donors (Lipinski definition) is 3. The van der Waals surface area contributed by atoms with Crippen LogP contribution >= 0.6 is 0 Å². The van der Waals surface area contributed by atoms with E-state index >= 15 is 0 Å².